The van der Waals surface area contributed by atoms with Crippen molar-refractivity contribution in [1.29, 1.82) is 0 Å². The minimum Gasteiger partial charge on any atom is -0.337 e. The monoisotopic (exact) mass is 297 g/mol. The Labute approximate surface area is 121 Å². The highest BCUT2D eigenvalue weighted by atomic mass is 35.5. The molecule has 0 unspecified atom stereocenters. The van der Waals surface area contributed by atoms with E-state index < -0.39 is 0 Å². The number of aryl methyl sites for hydroxylation is 1. The number of carbonyl (C=O) groups excluding carboxylic acids is 1. The average Bonchev–Trinajstić information content (AvgIpc) is 2.78. The second kappa shape index (κ2) is 5.63. The predicted octanol–water partition coefficient (Wildman–Crippen LogP) is 3.00. The minimum atomic E-state index is -0.0980. The molecule has 1 aromatic carbocycles. The van der Waals surface area contributed by atoms with Crippen LogP contribution in [-0.2, 0) is 13.6 Å². The number of hydrogen-bond acceptors (Lipinski definition) is 2. The molecule has 2 aromatic rings. The standard InChI is InChI=1S/C13H13Cl2N3O/c1-17(13(19)10-6-16-18(2)8-10)7-9-3-4-11(14)5-12(9)15/h3-6,8H,7H2,1-2H3. The van der Waals surface area contributed by atoms with Crippen molar-refractivity contribution in [2.75, 3.05) is 7.05 Å². The van der Waals surface area contributed by atoms with Crippen LogP contribution in [0.2, 0.25) is 10.0 Å². The van der Waals surface area contributed by atoms with Gasteiger partial charge in [0, 0.05) is 36.9 Å². The van der Waals surface area contributed by atoms with Crippen molar-refractivity contribution in [2.24, 2.45) is 7.05 Å². The van der Waals surface area contributed by atoms with E-state index in [1.54, 1.807) is 48.2 Å². The van der Waals surface area contributed by atoms with Crippen LogP contribution in [0.5, 0.6) is 0 Å². The van der Waals surface area contributed by atoms with Crippen molar-refractivity contribution in [3.8, 4) is 0 Å². The number of hydrogen-bond donors (Lipinski definition) is 0. The van der Waals surface area contributed by atoms with E-state index in [0.29, 0.717) is 22.2 Å². The van der Waals surface area contributed by atoms with Crippen LogP contribution >= 0.6 is 23.2 Å². The van der Waals surface area contributed by atoms with Crippen LogP contribution in [-0.4, -0.2) is 27.6 Å². The molecule has 0 aliphatic rings. The van der Waals surface area contributed by atoms with E-state index in [-0.39, 0.29) is 5.91 Å². The Balaban J connectivity index is 2.12. The Kier molecular flexibility index (Phi) is 4.12. The maximum Gasteiger partial charge on any atom is 0.257 e. The lowest BCUT2D eigenvalue weighted by Crippen LogP contribution is -2.26. The van der Waals surface area contributed by atoms with Crippen molar-refractivity contribution in [1.82, 2.24) is 14.7 Å². The molecule has 2 rings (SSSR count). The van der Waals surface area contributed by atoms with Crippen LogP contribution in [0, 0.1) is 0 Å². The first-order chi connectivity index (χ1) is 8.97. The molecule has 0 radical (unpaired) electrons. The Bertz CT molecular complexity index is 610. The topological polar surface area (TPSA) is 38.1 Å². The van der Waals surface area contributed by atoms with Gasteiger partial charge in [-0.25, -0.2) is 0 Å². The number of benzene rings is 1. The van der Waals surface area contributed by atoms with E-state index in [9.17, 15) is 4.79 Å². The van der Waals surface area contributed by atoms with Gasteiger partial charge in [-0.15, -0.1) is 0 Å². The number of aromatic nitrogens is 2. The van der Waals surface area contributed by atoms with Gasteiger partial charge in [-0.2, -0.15) is 5.10 Å². The fourth-order valence-electron chi connectivity index (χ4n) is 1.73. The molecule has 0 N–H and O–H groups in total. The van der Waals surface area contributed by atoms with Gasteiger partial charge >= 0.3 is 0 Å². The van der Waals surface area contributed by atoms with Gasteiger partial charge in [-0.05, 0) is 17.7 Å². The zero-order chi connectivity index (χ0) is 14.0. The Morgan fingerprint density at radius 2 is 2.16 bits per heavy atom. The van der Waals surface area contributed by atoms with Crippen LogP contribution in [0.25, 0.3) is 0 Å². The van der Waals surface area contributed by atoms with E-state index in [2.05, 4.69) is 5.10 Å². The molecule has 4 nitrogen and oxygen atoms in total. The van der Waals surface area contributed by atoms with Crippen LogP contribution in [0.4, 0.5) is 0 Å². The maximum absolute atomic E-state index is 12.1. The lowest BCUT2D eigenvalue weighted by molar-refractivity contribution is 0.0785. The molecule has 19 heavy (non-hydrogen) atoms. The molecule has 0 saturated heterocycles. The summed E-state index contributed by atoms with van der Waals surface area (Å²) in [5, 5.41) is 5.11. The number of rotatable bonds is 3. The van der Waals surface area contributed by atoms with E-state index in [1.807, 2.05) is 6.07 Å². The quantitative estimate of drug-likeness (QED) is 0.873. The van der Waals surface area contributed by atoms with E-state index in [4.69, 9.17) is 23.2 Å². The lowest BCUT2D eigenvalue weighted by atomic mass is 10.2. The second-order valence-electron chi connectivity index (χ2n) is 4.30. The van der Waals surface area contributed by atoms with Crippen LogP contribution < -0.4 is 0 Å². The van der Waals surface area contributed by atoms with Gasteiger partial charge in [0.2, 0.25) is 0 Å². The molecule has 0 aliphatic heterocycles. The highest BCUT2D eigenvalue weighted by Gasteiger charge is 2.14. The molecule has 6 heteroatoms. The highest BCUT2D eigenvalue weighted by Crippen LogP contribution is 2.22. The lowest BCUT2D eigenvalue weighted by Gasteiger charge is -2.17. The minimum absolute atomic E-state index is 0.0980. The van der Waals surface area contributed by atoms with Crippen molar-refractivity contribution >= 4 is 29.1 Å². The summed E-state index contributed by atoms with van der Waals surface area (Å²) < 4.78 is 1.59. The first kappa shape index (κ1) is 13.9. The van der Waals surface area contributed by atoms with E-state index in [1.165, 1.54) is 0 Å². The molecule has 1 heterocycles. The summed E-state index contributed by atoms with van der Waals surface area (Å²) in [6.07, 6.45) is 3.23. The molecule has 0 saturated carbocycles. The number of halogens is 2. The molecular weight excluding hydrogens is 285 g/mol. The normalized spacial score (nSPS) is 10.5. The second-order valence-corrected chi connectivity index (χ2v) is 5.14. The maximum atomic E-state index is 12.1. The fourth-order valence-corrected chi connectivity index (χ4v) is 2.20. The van der Waals surface area contributed by atoms with Crippen LogP contribution in [0.3, 0.4) is 0 Å². The van der Waals surface area contributed by atoms with Gasteiger partial charge in [0.05, 0.1) is 11.8 Å². The van der Waals surface area contributed by atoms with Crippen molar-refractivity contribution in [2.45, 2.75) is 6.54 Å². The van der Waals surface area contributed by atoms with Gasteiger partial charge in [-0.3, -0.25) is 9.48 Å². The molecule has 1 aromatic heterocycles. The summed E-state index contributed by atoms with van der Waals surface area (Å²) in [4.78, 5) is 13.7. The largest absolute Gasteiger partial charge is 0.337 e. The number of carbonyl (C=O) groups is 1. The van der Waals surface area contributed by atoms with Crippen LogP contribution in [0.15, 0.2) is 30.6 Å². The SMILES string of the molecule is CN(Cc1ccc(Cl)cc1Cl)C(=O)c1cnn(C)c1. The summed E-state index contributed by atoms with van der Waals surface area (Å²) in [5.74, 6) is -0.0980. The van der Waals surface area contributed by atoms with Gasteiger partial charge in [-0.1, -0.05) is 29.3 Å². The van der Waals surface area contributed by atoms with E-state index >= 15 is 0 Å². The van der Waals surface area contributed by atoms with Gasteiger partial charge < -0.3 is 4.90 Å². The average molecular weight is 298 g/mol. The zero-order valence-electron chi connectivity index (χ0n) is 10.6. The summed E-state index contributed by atoms with van der Waals surface area (Å²) in [6.45, 7) is 0.420. The molecule has 0 atom stereocenters. The smallest absolute Gasteiger partial charge is 0.257 e. The molecule has 0 spiro atoms. The first-order valence-corrected chi connectivity index (χ1v) is 6.41. The molecule has 0 fully saturated rings. The fraction of sp³-hybridized carbons (Fsp3) is 0.231. The number of nitrogens with zero attached hydrogens (tertiary/aromatic N) is 3. The Morgan fingerprint density at radius 3 is 2.74 bits per heavy atom. The highest BCUT2D eigenvalue weighted by molar-refractivity contribution is 6.35. The summed E-state index contributed by atoms with van der Waals surface area (Å²) >= 11 is 11.9. The third kappa shape index (κ3) is 3.28. The molecule has 1 amide bonds. The Hall–Kier alpha value is -1.52. The van der Waals surface area contributed by atoms with E-state index in [0.717, 1.165) is 5.56 Å². The third-order valence-electron chi connectivity index (χ3n) is 2.72. The van der Waals surface area contributed by atoms with Gasteiger partial charge in [0.15, 0.2) is 0 Å². The molecule has 0 aliphatic carbocycles. The van der Waals surface area contributed by atoms with Gasteiger partial charge in [0.25, 0.3) is 5.91 Å². The van der Waals surface area contributed by atoms with Crippen molar-refractivity contribution < 1.29 is 4.79 Å². The predicted molar refractivity (Wildman–Crippen MR) is 75.5 cm³/mol. The van der Waals surface area contributed by atoms with Crippen LogP contribution in [0.1, 0.15) is 15.9 Å². The van der Waals surface area contributed by atoms with Crippen molar-refractivity contribution in [3.63, 3.8) is 0 Å². The molecule has 100 valence electrons. The third-order valence-corrected chi connectivity index (χ3v) is 3.31. The zero-order valence-corrected chi connectivity index (χ0v) is 12.1. The summed E-state index contributed by atoms with van der Waals surface area (Å²) in [6, 6.07) is 5.24. The Morgan fingerprint density at radius 1 is 1.42 bits per heavy atom. The summed E-state index contributed by atoms with van der Waals surface area (Å²) in [5.41, 5.74) is 1.40. The van der Waals surface area contributed by atoms with Gasteiger partial charge in [0.1, 0.15) is 0 Å². The first-order valence-electron chi connectivity index (χ1n) is 5.65. The van der Waals surface area contributed by atoms with Crippen molar-refractivity contribution in [3.05, 3.63) is 51.8 Å². The summed E-state index contributed by atoms with van der Waals surface area (Å²) in [7, 11) is 3.49. The molecule has 0 bridgehead atoms. The molecular formula is C13H13Cl2N3O. The number of amides is 1.